The number of carbonyl (C=O) groups is 2. The van der Waals surface area contributed by atoms with E-state index >= 15 is 0 Å². The van der Waals surface area contributed by atoms with Gasteiger partial charge in [-0.15, -0.1) is 5.10 Å². The van der Waals surface area contributed by atoms with Gasteiger partial charge in [-0.1, -0.05) is 6.07 Å². The van der Waals surface area contributed by atoms with Gasteiger partial charge in [0.25, 0.3) is 0 Å². The predicted octanol–water partition coefficient (Wildman–Crippen LogP) is 0.00340. The molecule has 3 saturated heterocycles. The van der Waals surface area contributed by atoms with Crippen molar-refractivity contribution >= 4 is 11.9 Å². The molecule has 4 aliphatic heterocycles. The highest BCUT2D eigenvalue weighted by Crippen LogP contribution is 2.49. The molecular formula is C23H27N7O5. The zero-order valence-corrected chi connectivity index (χ0v) is 19.4. The first-order valence-electron chi connectivity index (χ1n) is 11.8. The van der Waals surface area contributed by atoms with Crippen LogP contribution in [-0.2, 0) is 19.1 Å². The number of pyridine rings is 1. The van der Waals surface area contributed by atoms with E-state index in [4.69, 9.17) is 9.47 Å². The molecule has 0 aliphatic carbocycles. The maximum absolute atomic E-state index is 13.6. The van der Waals surface area contributed by atoms with Crippen LogP contribution in [0, 0.1) is 5.41 Å². The molecule has 0 radical (unpaired) electrons. The number of tetrazole rings is 1. The van der Waals surface area contributed by atoms with Crippen LogP contribution in [0.25, 0.3) is 5.82 Å². The Morgan fingerprint density at radius 1 is 1.23 bits per heavy atom. The van der Waals surface area contributed by atoms with Crippen molar-refractivity contribution in [2.75, 3.05) is 32.9 Å². The highest BCUT2D eigenvalue weighted by atomic mass is 16.5. The van der Waals surface area contributed by atoms with Gasteiger partial charge < -0.3 is 19.5 Å². The lowest BCUT2D eigenvalue weighted by Crippen LogP contribution is -2.61. The van der Waals surface area contributed by atoms with Crippen molar-refractivity contribution in [1.82, 2.24) is 35.0 Å². The van der Waals surface area contributed by atoms with Gasteiger partial charge in [0.05, 0.1) is 36.0 Å². The Bertz CT molecular complexity index is 1150. The van der Waals surface area contributed by atoms with Gasteiger partial charge in [-0.05, 0) is 42.7 Å². The van der Waals surface area contributed by atoms with E-state index < -0.39 is 11.5 Å². The second-order valence-electron chi connectivity index (χ2n) is 9.81. The average Bonchev–Trinajstić information content (AvgIpc) is 3.57. The van der Waals surface area contributed by atoms with Gasteiger partial charge >= 0.3 is 5.97 Å². The minimum atomic E-state index is -0.729. The number of morpholine rings is 1. The van der Waals surface area contributed by atoms with Gasteiger partial charge in [0.15, 0.2) is 5.82 Å². The maximum atomic E-state index is 13.6. The van der Waals surface area contributed by atoms with Gasteiger partial charge in [0.2, 0.25) is 5.91 Å². The van der Waals surface area contributed by atoms with Crippen LogP contribution in [0.15, 0.2) is 35.9 Å². The second-order valence-corrected chi connectivity index (χ2v) is 9.81. The number of cyclic esters (lactones) is 1. The minimum Gasteiger partial charge on any atom is -0.456 e. The number of amides is 1. The summed E-state index contributed by atoms with van der Waals surface area (Å²) >= 11 is 0. The number of nitrogens with zero attached hydrogens (tertiary/aromatic N) is 7. The Morgan fingerprint density at radius 3 is 2.66 bits per heavy atom. The van der Waals surface area contributed by atoms with Gasteiger partial charge in [0, 0.05) is 36.9 Å². The fourth-order valence-electron chi connectivity index (χ4n) is 5.97. The predicted molar refractivity (Wildman–Crippen MR) is 119 cm³/mol. The molecule has 6 rings (SSSR count). The fourth-order valence-corrected chi connectivity index (χ4v) is 5.97. The molecule has 1 amide bonds. The fraction of sp³-hybridized carbons (Fsp3) is 0.565. The molecule has 1 N–H and O–H groups in total. The van der Waals surface area contributed by atoms with Gasteiger partial charge in [0.1, 0.15) is 12.9 Å². The number of hydrogen-bond acceptors (Lipinski definition) is 10. The molecule has 1 spiro atoms. The van der Waals surface area contributed by atoms with Crippen LogP contribution in [0.4, 0.5) is 0 Å². The van der Waals surface area contributed by atoms with Gasteiger partial charge in [-0.3, -0.25) is 9.69 Å². The molecule has 35 heavy (non-hydrogen) atoms. The number of aliphatic hydroxyl groups excluding tert-OH is 1. The average molecular weight is 482 g/mol. The lowest BCUT2D eigenvalue weighted by atomic mass is 9.70. The number of fused-ring (bicyclic) bond motifs is 2. The molecule has 2 aromatic heterocycles. The zero-order valence-electron chi connectivity index (χ0n) is 19.4. The molecule has 184 valence electrons. The van der Waals surface area contributed by atoms with Crippen molar-refractivity contribution in [3.05, 3.63) is 41.5 Å². The first-order chi connectivity index (χ1) is 16.9. The summed E-state index contributed by atoms with van der Waals surface area (Å²) in [6.45, 7) is 3.98. The molecule has 0 aromatic carbocycles. The van der Waals surface area contributed by atoms with E-state index in [-0.39, 0.29) is 30.6 Å². The molecule has 2 bridgehead atoms. The number of aliphatic hydroxyl groups is 1. The van der Waals surface area contributed by atoms with E-state index in [1.165, 1.54) is 11.0 Å². The summed E-state index contributed by atoms with van der Waals surface area (Å²) < 4.78 is 12.4. The van der Waals surface area contributed by atoms with E-state index in [9.17, 15) is 14.7 Å². The lowest BCUT2D eigenvalue weighted by Gasteiger charge is -2.52. The number of piperidine rings is 1. The number of hydrogen-bond donors (Lipinski definition) is 1. The van der Waals surface area contributed by atoms with E-state index in [0.717, 1.165) is 6.42 Å². The Kier molecular flexibility index (Phi) is 5.38. The summed E-state index contributed by atoms with van der Waals surface area (Å²) in [5.41, 5.74) is 1.47. The van der Waals surface area contributed by atoms with Crippen LogP contribution >= 0.6 is 0 Å². The monoisotopic (exact) mass is 481 g/mol. The summed E-state index contributed by atoms with van der Waals surface area (Å²) in [5, 5.41) is 22.0. The molecule has 4 aliphatic rings. The molecule has 2 unspecified atom stereocenters. The Labute approximate surface area is 201 Å². The van der Waals surface area contributed by atoms with Crippen molar-refractivity contribution in [2.24, 2.45) is 5.41 Å². The van der Waals surface area contributed by atoms with Crippen LogP contribution in [0.2, 0.25) is 0 Å². The van der Waals surface area contributed by atoms with Crippen LogP contribution in [0.3, 0.4) is 0 Å². The molecule has 0 saturated carbocycles. The third-order valence-electron chi connectivity index (χ3n) is 7.85. The molecule has 3 atom stereocenters. The quantitative estimate of drug-likeness (QED) is 0.581. The smallest absolute Gasteiger partial charge is 0.336 e. The largest absolute Gasteiger partial charge is 0.456 e. The third-order valence-corrected chi connectivity index (χ3v) is 7.85. The van der Waals surface area contributed by atoms with E-state index in [1.807, 2.05) is 6.07 Å². The number of rotatable bonds is 5. The molecule has 12 nitrogen and oxygen atoms in total. The summed E-state index contributed by atoms with van der Waals surface area (Å²) in [7, 11) is 0. The van der Waals surface area contributed by atoms with Gasteiger partial charge in [-0.25, -0.2) is 9.78 Å². The first-order valence-corrected chi connectivity index (χ1v) is 11.8. The van der Waals surface area contributed by atoms with Crippen molar-refractivity contribution in [3.63, 3.8) is 0 Å². The first kappa shape index (κ1) is 22.3. The molecule has 6 heterocycles. The van der Waals surface area contributed by atoms with Crippen LogP contribution in [0.5, 0.6) is 0 Å². The summed E-state index contributed by atoms with van der Waals surface area (Å²) in [6.07, 6.45) is 4.46. The van der Waals surface area contributed by atoms with Crippen molar-refractivity contribution in [3.8, 4) is 5.82 Å². The maximum Gasteiger partial charge on any atom is 0.336 e. The summed E-state index contributed by atoms with van der Waals surface area (Å²) in [5.74, 6) is 0.313. The van der Waals surface area contributed by atoms with E-state index in [2.05, 4.69) is 25.4 Å². The standard InChI is InChI=1S/C23H27N7O5/c1-14-18(12-35-21(14)32)28-5-4-23(22(28)33)6-16-10-34-11-17(7-23)29(16)9-19(31)15-2-3-20(24-8-15)30-13-25-26-27-30/h2-3,8,13,16-17,19,31H,4-7,9-12H2,1H3/t16?,17?,19-,23?/m0/s1. The molecule has 2 aromatic rings. The van der Waals surface area contributed by atoms with Crippen LogP contribution < -0.4 is 0 Å². The van der Waals surface area contributed by atoms with Gasteiger partial charge in [-0.2, -0.15) is 4.68 Å². The third kappa shape index (κ3) is 3.72. The normalized spacial score (nSPS) is 29.8. The number of aromatic nitrogens is 5. The Balaban J connectivity index is 1.16. The van der Waals surface area contributed by atoms with Crippen molar-refractivity contribution < 1.29 is 24.2 Å². The summed E-state index contributed by atoms with van der Waals surface area (Å²) in [4.78, 5) is 33.9. The van der Waals surface area contributed by atoms with E-state index in [0.29, 0.717) is 61.8 Å². The second kappa shape index (κ2) is 8.47. The van der Waals surface area contributed by atoms with Crippen molar-refractivity contribution in [1.29, 1.82) is 0 Å². The highest BCUT2D eigenvalue weighted by Gasteiger charge is 2.56. The minimum absolute atomic E-state index is 0.0334. The number of ether oxygens (including phenoxy) is 2. The van der Waals surface area contributed by atoms with Crippen LogP contribution in [0.1, 0.15) is 37.9 Å². The molecule has 12 heteroatoms. The lowest BCUT2D eigenvalue weighted by molar-refractivity contribution is -0.152. The summed E-state index contributed by atoms with van der Waals surface area (Å²) in [6, 6.07) is 3.66. The van der Waals surface area contributed by atoms with Crippen molar-refractivity contribution in [2.45, 2.75) is 44.4 Å². The highest BCUT2D eigenvalue weighted by molar-refractivity contribution is 5.94. The number of likely N-dealkylation sites (tertiary alicyclic amines) is 1. The number of carbonyl (C=O) groups excluding carboxylic acids is 2. The Hall–Kier alpha value is -3.22. The van der Waals surface area contributed by atoms with Crippen LogP contribution in [-0.4, -0.2) is 97.0 Å². The Morgan fingerprint density at radius 2 is 2.03 bits per heavy atom. The molecule has 3 fully saturated rings. The van der Waals surface area contributed by atoms with E-state index in [1.54, 1.807) is 24.1 Å². The SMILES string of the molecule is CC1=C(N2CCC3(CC4COCC(C3)N4C[C@H](O)c3ccc(-n4cnnn4)nc3)C2=O)COC1=O. The topological polar surface area (TPSA) is 136 Å². The molecular weight excluding hydrogens is 454 g/mol. The number of esters is 1. The zero-order chi connectivity index (χ0) is 24.2.